The highest BCUT2D eigenvalue weighted by Crippen LogP contribution is 2.28. The summed E-state index contributed by atoms with van der Waals surface area (Å²) in [5.74, 6) is 0. The Hall–Kier alpha value is -2.22. The van der Waals surface area contributed by atoms with Crippen LogP contribution in [-0.2, 0) is 0 Å². The fraction of sp³-hybridized carbons (Fsp3) is 0.400. The third-order valence-corrected chi connectivity index (χ3v) is 2.37. The summed E-state index contributed by atoms with van der Waals surface area (Å²) >= 11 is 0. The molecule has 98 valence electrons. The Morgan fingerprint density at radius 2 is 2.00 bits per heavy atom. The maximum atomic E-state index is 10.8. The average molecular weight is 255 g/mol. The van der Waals surface area contributed by atoms with Gasteiger partial charge in [0, 0.05) is 19.0 Å². The summed E-state index contributed by atoms with van der Waals surface area (Å²) in [5.41, 5.74) is -0.250. The third-order valence-electron chi connectivity index (χ3n) is 2.37. The summed E-state index contributed by atoms with van der Waals surface area (Å²) in [6, 6.07) is 3.58. The molecule has 1 aromatic rings. The molecule has 1 rings (SSSR count). The summed E-state index contributed by atoms with van der Waals surface area (Å²) in [6.45, 7) is 1.50. The van der Waals surface area contributed by atoms with Gasteiger partial charge in [-0.05, 0) is 6.07 Å². The zero-order valence-corrected chi connectivity index (χ0v) is 9.96. The van der Waals surface area contributed by atoms with E-state index < -0.39 is 9.85 Å². The lowest BCUT2D eigenvalue weighted by Gasteiger charge is -2.05. The van der Waals surface area contributed by atoms with E-state index in [9.17, 15) is 20.2 Å². The van der Waals surface area contributed by atoms with E-state index in [4.69, 9.17) is 0 Å². The number of anilines is 1. The zero-order valence-electron chi connectivity index (χ0n) is 9.96. The largest absolute Gasteiger partial charge is 0.379 e. The lowest BCUT2D eigenvalue weighted by atomic mass is 10.2. The van der Waals surface area contributed by atoms with Gasteiger partial charge in [-0.2, -0.15) is 0 Å². The van der Waals surface area contributed by atoms with Gasteiger partial charge in [0.05, 0.1) is 29.5 Å². The van der Waals surface area contributed by atoms with Gasteiger partial charge in [0.1, 0.15) is 5.69 Å². The van der Waals surface area contributed by atoms with Crippen LogP contribution in [0.2, 0.25) is 0 Å². The van der Waals surface area contributed by atoms with Crippen LogP contribution in [0.1, 0.15) is 6.42 Å². The highest BCUT2D eigenvalue weighted by molar-refractivity contribution is 5.65. The van der Waals surface area contributed by atoms with Gasteiger partial charge in [-0.3, -0.25) is 20.2 Å². The number of nitro benzene ring substituents is 2. The standard InChI is InChI=1S/C10H14N4O4/c1-11-5-2-6-12-9-4-3-8(13(15)16)7-10(9)14(17)18/h3-4,7,11-12H,2,5-6H2,1H3/p+1. The number of quaternary nitrogens is 1. The first-order valence-corrected chi connectivity index (χ1v) is 5.50. The topological polar surface area (TPSA) is 115 Å². The van der Waals surface area contributed by atoms with Crippen molar-refractivity contribution in [2.45, 2.75) is 6.42 Å². The van der Waals surface area contributed by atoms with Crippen molar-refractivity contribution in [2.75, 3.05) is 25.5 Å². The van der Waals surface area contributed by atoms with Crippen molar-refractivity contribution in [2.24, 2.45) is 0 Å². The summed E-state index contributed by atoms with van der Waals surface area (Å²) in [7, 11) is 1.94. The van der Waals surface area contributed by atoms with E-state index >= 15 is 0 Å². The molecule has 0 heterocycles. The second kappa shape index (κ2) is 6.50. The Kier molecular flexibility index (Phi) is 5.00. The first kappa shape index (κ1) is 13.8. The number of rotatable bonds is 7. The summed E-state index contributed by atoms with van der Waals surface area (Å²) in [6.07, 6.45) is 0.852. The summed E-state index contributed by atoms with van der Waals surface area (Å²) in [5, 5.41) is 26.3. The van der Waals surface area contributed by atoms with Crippen LogP contribution < -0.4 is 10.6 Å². The molecule has 0 spiro atoms. The van der Waals surface area contributed by atoms with Crippen LogP contribution in [0.4, 0.5) is 17.1 Å². The minimum Gasteiger partial charge on any atom is -0.379 e. The second-order valence-electron chi connectivity index (χ2n) is 3.69. The van der Waals surface area contributed by atoms with E-state index in [1.807, 2.05) is 12.4 Å². The molecular formula is C10H15N4O4+. The normalized spacial score (nSPS) is 10.1. The van der Waals surface area contributed by atoms with Gasteiger partial charge >= 0.3 is 0 Å². The molecule has 0 atom stereocenters. The van der Waals surface area contributed by atoms with Gasteiger partial charge < -0.3 is 10.6 Å². The van der Waals surface area contributed by atoms with Crippen molar-refractivity contribution in [1.29, 1.82) is 0 Å². The zero-order chi connectivity index (χ0) is 13.5. The molecule has 8 nitrogen and oxygen atoms in total. The molecule has 18 heavy (non-hydrogen) atoms. The highest BCUT2D eigenvalue weighted by atomic mass is 16.6. The second-order valence-corrected chi connectivity index (χ2v) is 3.69. The highest BCUT2D eigenvalue weighted by Gasteiger charge is 2.18. The summed E-state index contributed by atoms with van der Waals surface area (Å²) in [4.78, 5) is 20.1. The number of nitrogens with one attached hydrogen (secondary N) is 1. The first-order valence-electron chi connectivity index (χ1n) is 5.50. The molecule has 1 aromatic carbocycles. The van der Waals surface area contributed by atoms with E-state index in [-0.39, 0.29) is 11.4 Å². The maximum absolute atomic E-state index is 10.8. The SMILES string of the molecule is C[NH2+]CCCNc1ccc([N+](=O)[O-])cc1[N+](=O)[O-]. The van der Waals surface area contributed by atoms with Crippen molar-refractivity contribution < 1.29 is 15.2 Å². The van der Waals surface area contributed by atoms with Crippen LogP contribution >= 0.6 is 0 Å². The number of non-ortho nitro benzene ring substituents is 1. The fourth-order valence-corrected chi connectivity index (χ4v) is 1.46. The van der Waals surface area contributed by atoms with Crippen LogP contribution in [0.15, 0.2) is 18.2 Å². The molecule has 0 unspecified atom stereocenters. The molecule has 8 heteroatoms. The lowest BCUT2D eigenvalue weighted by Crippen LogP contribution is -2.79. The molecule has 0 aromatic heterocycles. The number of hydrogen-bond donors (Lipinski definition) is 2. The predicted molar refractivity (Wildman–Crippen MR) is 65.6 cm³/mol. The molecule has 0 amide bonds. The Balaban J connectivity index is 2.83. The van der Waals surface area contributed by atoms with Gasteiger partial charge in [-0.1, -0.05) is 0 Å². The van der Waals surface area contributed by atoms with Crippen molar-refractivity contribution in [3.8, 4) is 0 Å². The van der Waals surface area contributed by atoms with Gasteiger partial charge in [0.2, 0.25) is 0 Å². The van der Waals surface area contributed by atoms with Gasteiger partial charge in [-0.15, -0.1) is 0 Å². The molecule has 0 aliphatic carbocycles. The monoisotopic (exact) mass is 255 g/mol. The van der Waals surface area contributed by atoms with Gasteiger partial charge in [0.15, 0.2) is 0 Å². The number of nitrogens with zero attached hydrogens (tertiary/aromatic N) is 2. The van der Waals surface area contributed by atoms with Crippen LogP contribution in [-0.4, -0.2) is 30.0 Å². The predicted octanol–water partition coefficient (Wildman–Crippen LogP) is 0.498. The minimum absolute atomic E-state index is 0.273. The van der Waals surface area contributed by atoms with Crippen LogP contribution in [0.3, 0.4) is 0 Å². The van der Waals surface area contributed by atoms with E-state index in [0.717, 1.165) is 19.0 Å². The quantitative estimate of drug-likeness (QED) is 0.418. The van der Waals surface area contributed by atoms with Gasteiger partial charge in [-0.25, -0.2) is 0 Å². The molecule has 0 aliphatic heterocycles. The van der Waals surface area contributed by atoms with Crippen molar-refractivity contribution in [3.63, 3.8) is 0 Å². The van der Waals surface area contributed by atoms with E-state index in [0.29, 0.717) is 12.2 Å². The fourth-order valence-electron chi connectivity index (χ4n) is 1.46. The molecule has 0 aliphatic rings. The van der Waals surface area contributed by atoms with Crippen molar-refractivity contribution >= 4 is 17.1 Å². The molecule has 0 bridgehead atoms. The maximum Gasteiger partial charge on any atom is 0.299 e. The molecule has 0 saturated heterocycles. The average Bonchev–Trinajstić information content (AvgIpc) is 2.34. The van der Waals surface area contributed by atoms with Crippen LogP contribution in [0.25, 0.3) is 0 Å². The number of nitrogens with two attached hydrogens (primary N) is 1. The lowest BCUT2D eigenvalue weighted by molar-refractivity contribution is -0.626. The Morgan fingerprint density at radius 1 is 1.28 bits per heavy atom. The Labute approximate surface area is 103 Å². The van der Waals surface area contributed by atoms with E-state index in [1.54, 1.807) is 0 Å². The van der Waals surface area contributed by atoms with E-state index in [1.165, 1.54) is 12.1 Å². The number of hydrogen-bond acceptors (Lipinski definition) is 5. The Morgan fingerprint density at radius 3 is 2.56 bits per heavy atom. The molecule has 3 N–H and O–H groups in total. The molecule has 0 fully saturated rings. The third kappa shape index (κ3) is 3.67. The molecule has 0 radical (unpaired) electrons. The van der Waals surface area contributed by atoms with Crippen LogP contribution in [0.5, 0.6) is 0 Å². The van der Waals surface area contributed by atoms with Crippen molar-refractivity contribution in [1.82, 2.24) is 0 Å². The smallest absolute Gasteiger partial charge is 0.299 e. The molecule has 0 saturated carbocycles. The molecular weight excluding hydrogens is 240 g/mol. The van der Waals surface area contributed by atoms with Crippen LogP contribution in [0, 0.1) is 20.2 Å². The summed E-state index contributed by atoms with van der Waals surface area (Å²) < 4.78 is 0. The number of benzene rings is 1. The van der Waals surface area contributed by atoms with Crippen molar-refractivity contribution in [3.05, 3.63) is 38.4 Å². The Bertz CT molecular complexity index is 450. The van der Waals surface area contributed by atoms with E-state index in [2.05, 4.69) is 5.32 Å². The van der Waals surface area contributed by atoms with Gasteiger partial charge in [0.25, 0.3) is 11.4 Å². The minimum atomic E-state index is -0.650. The first-order chi connectivity index (χ1) is 8.56. The number of nitro groups is 2.